The maximum absolute atomic E-state index is 1.50. The molecule has 0 amide bonds. The summed E-state index contributed by atoms with van der Waals surface area (Å²) in [5.74, 6) is 0. The standard InChI is InChI=1S/C4H8.HI/c1-2-4-3-1;/h1-4H2;1H. The Kier molecular flexibility index (Phi) is 3.37. The molecule has 1 aliphatic rings. The molecule has 1 heteroatoms. The van der Waals surface area contributed by atoms with Gasteiger partial charge in [-0.2, -0.15) is 0 Å². The van der Waals surface area contributed by atoms with Crippen LogP contribution >= 0.6 is 24.0 Å². The lowest BCUT2D eigenvalue weighted by Gasteiger charge is -2.05. The minimum absolute atomic E-state index is 0. The lowest BCUT2D eigenvalue weighted by Crippen LogP contribution is -1.85. The Hall–Kier alpha value is 0.730. The smallest absolute Gasteiger partial charge is 0.0533 e. The van der Waals surface area contributed by atoms with Gasteiger partial charge in [0, 0.05) is 0 Å². The molecule has 1 aliphatic carbocycles. The van der Waals surface area contributed by atoms with Gasteiger partial charge >= 0.3 is 0 Å². The van der Waals surface area contributed by atoms with Crippen LogP contribution in [0.3, 0.4) is 0 Å². The average Bonchev–Trinajstić information content (AvgIpc) is 0.722. The molecule has 0 nitrogen and oxygen atoms in total. The Morgan fingerprint density at radius 1 is 0.600 bits per heavy atom. The third-order valence-corrected chi connectivity index (χ3v) is 1.000. The normalized spacial score (nSPS) is 19.2. The van der Waals surface area contributed by atoms with Gasteiger partial charge in [0.15, 0.2) is 0 Å². The zero-order valence-corrected chi connectivity index (χ0v) is 5.57. The first-order chi connectivity index (χ1) is 2.00. The van der Waals surface area contributed by atoms with Gasteiger partial charge in [-0.3, -0.25) is 0 Å². The third kappa shape index (κ3) is 1.58. The molecular weight excluding hydrogens is 175 g/mol. The molecule has 1 fully saturated rings. The predicted octanol–water partition coefficient (Wildman–Crippen LogP) is 2.18. The SMILES string of the molecule is C1CCC1.I. The van der Waals surface area contributed by atoms with Gasteiger partial charge in [-0.15, -0.1) is 24.0 Å². The predicted molar refractivity (Wildman–Crippen MR) is 33.9 cm³/mol. The van der Waals surface area contributed by atoms with Crippen LogP contribution in [0.5, 0.6) is 0 Å². The van der Waals surface area contributed by atoms with Crippen LogP contribution < -0.4 is 0 Å². The van der Waals surface area contributed by atoms with Crippen molar-refractivity contribution in [2.45, 2.75) is 25.7 Å². The largest absolute Gasteiger partial charge is 0.107 e. The molecule has 0 saturated heterocycles. The molecule has 0 spiro atoms. The van der Waals surface area contributed by atoms with Gasteiger partial charge in [-0.25, -0.2) is 0 Å². The summed E-state index contributed by atoms with van der Waals surface area (Å²) < 4.78 is 0. The molecule has 32 valence electrons. The van der Waals surface area contributed by atoms with Crippen LogP contribution in [0, 0.1) is 0 Å². The topological polar surface area (TPSA) is 0 Å². The van der Waals surface area contributed by atoms with Crippen LogP contribution in [0.15, 0.2) is 0 Å². The maximum Gasteiger partial charge on any atom is -0.0533 e. The van der Waals surface area contributed by atoms with E-state index in [4.69, 9.17) is 0 Å². The number of halogens is 1. The van der Waals surface area contributed by atoms with Gasteiger partial charge in [0.05, 0.1) is 0 Å². The van der Waals surface area contributed by atoms with Crippen molar-refractivity contribution in [3.8, 4) is 0 Å². The molecule has 0 bridgehead atoms. The summed E-state index contributed by atoms with van der Waals surface area (Å²) in [7, 11) is 0. The van der Waals surface area contributed by atoms with Crippen molar-refractivity contribution >= 4 is 24.0 Å². The first kappa shape index (κ1) is 5.73. The van der Waals surface area contributed by atoms with E-state index >= 15 is 0 Å². The fourth-order valence-electron chi connectivity index (χ4n) is 0.250. The molecule has 0 atom stereocenters. The highest BCUT2D eigenvalue weighted by atomic mass is 127. The van der Waals surface area contributed by atoms with Crippen molar-refractivity contribution in [2.24, 2.45) is 0 Å². The fraction of sp³-hybridized carbons (Fsp3) is 1.00. The Bertz CT molecular complexity index is 11.6. The van der Waals surface area contributed by atoms with Gasteiger partial charge in [0.25, 0.3) is 0 Å². The molecule has 0 heterocycles. The number of hydrogen-bond acceptors (Lipinski definition) is 0. The molecule has 0 radical (unpaired) electrons. The van der Waals surface area contributed by atoms with Crippen molar-refractivity contribution in [2.75, 3.05) is 0 Å². The molecule has 1 rings (SSSR count). The van der Waals surface area contributed by atoms with Crippen LogP contribution in [0.25, 0.3) is 0 Å². The summed E-state index contributed by atoms with van der Waals surface area (Å²) in [6.45, 7) is 0. The maximum atomic E-state index is 1.50. The molecule has 1 saturated carbocycles. The highest BCUT2D eigenvalue weighted by Gasteiger charge is 1.95. The van der Waals surface area contributed by atoms with Gasteiger partial charge in [-0.1, -0.05) is 25.7 Å². The van der Waals surface area contributed by atoms with Gasteiger partial charge in [-0.05, 0) is 0 Å². The summed E-state index contributed by atoms with van der Waals surface area (Å²) in [5, 5.41) is 0. The van der Waals surface area contributed by atoms with E-state index in [1.807, 2.05) is 0 Å². The van der Waals surface area contributed by atoms with E-state index in [1.165, 1.54) is 25.7 Å². The van der Waals surface area contributed by atoms with E-state index in [2.05, 4.69) is 0 Å². The van der Waals surface area contributed by atoms with Crippen molar-refractivity contribution in [3.63, 3.8) is 0 Å². The summed E-state index contributed by atoms with van der Waals surface area (Å²) in [4.78, 5) is 0. The zero-order valence-electron chi connectivity index (χ0n) is 3.24. The molecular formula is C4H9I. The summed E-state index contributed by atoms with van der Waals surface area (Å²) >= 11 is 0. The van der Waals surface area contributed by atoms with Crippen LogP contribution in [0.4, 0.5) is 0 Å². The van der Waals surface area contributed by atoms with E-state index in [9.17, 15) is 0 Å². The second-order valence-electron chi connectivity index (χ2n) is 1.41. The van der Waals surface area contributed by atoms with Crippen molar-refractivity contribution in [1.82, 2.24) is 0 Å². The summed E-state index contributed by atoms with van der Waals surface area (Å²) in [6, 6.07) is 0. The Labute approximate surface area is 50.0 Å². The van der Waals surface area contributed by atoms with E-state index in [-0.39, 0.29) is 24.0 Å². The van der Waals surface area contributed by atoms with Crippen LogP contribution in [0.2, 0.25) is 0 Å². The van der Waals surface area contributed by atoms with E-state index < -0.39 is 0 Å². The number of hydrogen-bond donors (Lipinski definition) is 0. The van der Waals surface area contributed by atoms with Crippen LogP contribution in [-0.2, 0) is 0 Å². The Morgan fingerprint density at radius 3 is 0.800 bits per heavy atom. The number of rotatable bonds is 0. The molecule has 0 unspecified atom stereocenters. The monoisotopic (exact) mass is 184 g/mol. The lowest BCUT2D eigenvalue weighted by molar-refractivity contribution is 0.504. The van der Waals surface area contributed by atoms with E-state index in [0.717, 1.165) is 0 Å². The highest BCUT2D eigenvalue weighted by Crippen LogP contribution is 2.15. The second kappa shape index (κ2) is 2.94. The van der Waals surface area contributed by atoms with E-state index in [0.29, 0.717) is 0 Å². The van der Waals surface area contributed by atoms with Gasteiger partial charge in [0.1, 0.15) is 0 Å². The van der Waals surface area contributed by atoms with Crippen molar-refractivity contribution in [3.05, 3.63) is 0 Å². The summed E-state index contributed by atoms with van der Waals surface area (Å²) in [5.41, 5.74) is 0. The van der Waals surface area contributed by atoms with Crippen LogP contribution in [0.1, 0.15) is 25.7 Å². The highest BCUT2D eigenvalue weighted by molar-refractivity contribution is 14.0. The first-order valence-corrected chi connectivity index (χ1v) is 2.00. The average molecular weight is 184 g/mol. The minimum Gasteiger partial charge on any atom is -0.107 e. The third-order valence-electron chi connectivity index (χ3n) is 1.000. The molecule has 0 aliphatic heterocycles. The Balaban J connectivity index is 0.000000160. The first-order valence-electron chi connectivity index (χ1n) is 2.00. The molecule has 0 aromatic heterocycles. The Morgan fingerprint density at radius 2 is 0.800 bits per heavy atom. The van der Waals surface area contributed by atoms with Crippen molar-refractivity contribution in [1.29, 1.82) is 0 Å². The van der Waals surface area contributed by atoms with Crippen LogP contribution in [-0.4, -0.2) is 0 Å². The molecule has 0 N–H and O–H groups in total. The quantitative estimate of drug-likeness (QED) is 0.506. The summed E-state index contributed by atoms with van der Waals surface area (Å²) in [6.07, 6.45) is 6.00. The zero-order chi connectivity index (χ0) is 2.83. The van der Waals surface area contributed by atoms with Crippen molar-refractivity contribution < 1.29 is 0 Å². The van der Waals surface area contributed by atoms with Gasteiger partial charge < -0.3 is 0 Å². The fourth-order valence-corrected chi connectivity index (χ4v) is 0.250. The minimum atomic E-state index is 0. The lowest BCUT2D eigenvalue weighted by atomic mass is 10.0. The molecule has 0 aromatic rings. The molecule has 5 heavy (non-hydrogen) atoms. The van der Waals surface area contributed by atoms with Gasteiger partial charge in [0.2, 0.25) is 0 Å². The second-order valence-corrected chi connectivity index (χ2v) is 1.41. The molecule has 0 aromatic carbocycles. The van der Waals surface area contributed by atoms with E-state index in [1.54, 1.807) is 0 Å².